The molecule has 38 valence electrons. The zero-order valence-electron chi connectivity index (χ0n) is 3.40. The van der Waals surface area contributed by atoms with Gasteiger partial charge in [0.25, 0.3) is 0 Å². The number of rotatable bonds is 1. The molecule has 0 bridgehead atoms. The van der Waals surface area contributed by atoms with Crippen LogP contribution in [-0.2, 0) is 32.1 Å². The number of hydrogen-bond acceptors (Lipinski definition) is 1. The molecule has 5 heteroatoms. The van der Waals surface area contributed by atoms with Crippen molar-refractivity contribution in [2.45, 2.75) is 6.43 Å². The molecule has 0 rings (SSSR count). The molecule has 0 aromatic carbocycles. The average molecular weight is 208 g/mol. The molecule has 0 aromatic heterocycles. The quantitative estimate of drug-likeness (QED) is 0.631. The van der Waals surface area contributed by atoms with E-state index < -0.39 is 12.4 Å². The van der Waals surface area contributed by atoms with E-state index in [1.165, 1.54) is 0 Å². The fourth-order valence-electron chi connectivity index (χ4n) is 0. The molecule has 2 nitrogen and oxygen atoms in total. The van der Waals surface area contributed by atoms with Crippen molar-refractivity contribution in [3.8, 4) is 0 Å². The van der Waals surface area contributed by atoms with Crippen LogP contribution in [0.15, 0.2) is 0 Å². The van der Waals surface area contributed by atoms with Crippen LogP contribution in [-0.4, -0.2) is 17.5 Å². The van der Waals surface area contributed by atoms with Crippen LogP contribution in [0.25, 0.3) is 0 Å². The van der Waals surface area contributed by atoms with Crippen molar-refractivity contribution < 1.29 is 46.0 Å². The van der Waals surface area contributed by atoms with Gasteiger partial charge in [0.2, 0.25) is 0 Å². The van der Waals surface area contributed by atoms with E-state index in [1.54, 1.807) is 0 Å². The Hall–Kier alpha value is 0.252. The molecule has 1 N–H and O–H groups in total. The third-order valence-corrected chi connectivity index (χ3v) is 0.187. The summed E-state index contributed by atoms with van der Waals surface area (Å²) in [7, 11) is 0. The van der Waals surface area contributed by atoms with Gasteiger partial charge in [0.1, 0.15) is 0 Å². The third kappa shape index (κ3) is 6.25. The smallest absolute Gasteiger partial charge is 0.371 e. The minimum atomic E-state index is -3.23. The minimum absolute atomic E-state index is 0. The second kappa shape index (κ2) is 4.41. The van der Waals surface area contributed by atoms with Crippen molar-refractivity contribution in [3.63, 3.8) is 0 Å². The monoisotopic (exact) mass is 210 g/mol. The molecule has 0 aromatic rings. The van der Waals surface area contributed by atoms with Crippen LogP contribution >= 0.6 is 0 Å². The first-order valence-corrected chi connectivity index (χ1v) is 1.15. The van der Waals surface area contributed by atoms with Crippen LogP contribution in [0, 0.1) is 0 Å². The van der Waals surface area contributed by atoms with E-state index in [1.807, 2.05) is 0 Å². The van der Waals surface area contributed by atoms with Crippen LogP contribution in [0.5, 0.6) is 0 Å². The Morgan fingerprint density at radius 1 is 1.57 bits per heavy atom. The molecule has 0 saturated heterocycles. The van der Waals surface area contributed by atoms with E-state index in [9.17, 15) is 8.78 Å². The molecular weight excluding hydrogens is 206 g/mol. The van der Waals surface area contributed by atoms with E-state index in [2.05, 4.69) is 0 Å². The van der Waals surface area contributed by atoms with Gasteiger partial charge in [-0.15, -0.1) is 0 Å². The maximum Gasteiger partial charge on any atom is 0.371 e. The topological polar surface area (TPSA) is 37.3 Å². The number of halogens is 2. The number of carboxylic acid groups (broad SMARTS) is 1. The summed E-state index contributed by atoms with van der Waals surface area (Å²) >= 11 is 0. The Morgan fingerprint density at radius 2 is 1.71 bits per heavy atom. The van der Waals surface area contributed by atoms with Gasteiger partial charge in [-0.05, 0) is 0 Å². The Morgan fingerprint density at radius 3 is 1.71 bits per heavy atom. The van der Waals surface area contributed by atoms with Crippen molar-refractivity contribution >= 4 is 5.97 Å². The zero-order chi connectivity index (χ0) is 5.15. The molecule has 0 saturated carbocycles. The molecule has 0 aliphatic heterocycles. The summed E-state index contributed by atoms with van der Waals surface area (Å²) in [6.45, 7) is 0. The first-order chi connectivity index (χ1) is 2.64. The van der Waals surface area contributed by atoms with Crippen molar-refractivity contribution in [3.05, 3.63) is 0 Å². The first kappa shape index (κ1) is 10.3. The Kier molecular flexibility index (Phi) is 6.48. The molecule has 7 heavy (non-hydrogen) atoms. The average Bonchev–Trinajstić information content (AvgIpc) is 1.36. The van der Waals surface area contributed by atoms with E-state index in [0.29, 0.717) is 0 Å². The zero-order valence-corrected chi connectivity index (χ0v) is 7.43. The maximum atomic E-state index is 10.6. The molecule has 0 aliphatic carbocycles. The molecule has 0 amide bonds. The fraction of sp³-hybridized carbons (Fsp3) is 0.500. The second-order valence-corrected chi connectivity index (χ2v) is 0.639. The van der Waals surface area contributed by atoms with E-state index in [4.69, 9.17) is 9.90 Å². The molecule has 0 heterocycles. The van der Waals surface area contributed by atoms with Gasteiger partial charge in [0.15, 0.2) is 0 Å². The number of aliphatic carboxylic acids is 1. The second-order valence-electron chi connectivity index (χ2n) is 0.639. The van der Waals surface area contributed by atoms with Gasteiger partial charge in [-0.3, -0.25) is 0 Å². The molecular formula is C2H2CdF2O2. The van der Waals surface area contributed by atoms with Crippen LogP contribution in [0.2, 0.25) is 0 Å². The van der Waals surface area contributed by atoms with Gasteiger partial charge < -0.3 is 5.11 Å². The predicted octanol–water partition coefficient (Wildman–Crippen LogP) is 0.334. The van der Waals surface area contributed by atoms with Gasteiger partial charge in [-0.1, -0.05) is 0 Å². The van der Waals surface area contributed by atoms with E-state index in [0.717, 1.165) is 0 Å². The van der Waals surface area contributed by atoms with Crippen LogP contribution in [0.3, 0.4) is 0 Å². The summed E-state index contributed by atoms with van der Waals surface area (Å²) < 4.78 is 21.1. The fourth-order valence-corrected chi connectivity index (χ4v) is 0. The molecule has 0 fully saturated rings. The number of carbonyl (C=O) groups is 1. The molecule has 0 atom stereocenters. The summed E-state index contributed by atoms with van der Waals surface area (Å²) in [5.41, 5.74) is 0. The Labute approximate surface area is 58.7 Å². The summed E-state index contributed by atoms with van der Waals surface area (Å²) in [5, 5.41) is 7.24. The summed E-state index contributed by atoms with van der Waals surface area (Å²) in [6, 6.07) is 0. The number of hydrogen-bond donors (Lipinski definition) is 1. The van der Waals surface area contributed by atoms with Crippen molar-refractivity contribution in [2.24, 2.45) is 0 Å². The van der Waals surface area contributed by atoms with Gasteiger partial charge in [0, 0.05) is 27.3 Å². The van der Waals surface area contributed by atoms with Crippen LogP contribution in [0.4, 0.5) is 8.78 Å². The van der Waals surface area contributed by atoms with Gasteiger partial charge in [-0.2, -0.15) is 8.78 Å². The Balaban J connectivity index is 0. The van der Waals surface area contributed by atoms with Crippen LogP contribution < -0.4 is 0 Å². The normalized spacial score (nSPS) is 7.86. The minimum Gasteiger partial charge on any atom is -0.477 e. The largest absolute Gasteiger partial charge is 0.477 e. The number of alkyl halides is 2. The van der Waals surface area contributed by atoms with Gasteiger partial charge in [-0.25, -0.2) is 4.79 Å². The third-order valence-electron chi connectivity index (χ3n) is 0.187. The van der Waals surface area contributed by atoms with Gasteiger partial charge in [0.05, 0.1) is 0 Å². The standard InChI is InChI=1S/C2H2F2O2.Cd/c3-1(4)2(5)6;/h1H,(H,5,6);. The van der Waals surface area contributed by atoms with Crippen LogP contribution in [0.1, 0.15) is 0 Å². The summed E-state index contributed by atoms with van der Waals surface area (Å²) in [5.74, 6) is -2.07. The summed E-state index contributed by atoms with van der Waals surface area (Å²) in [6.07, 6.45) is -3.23. The molecule has 0 aliphatic rings. The molecule has 0 unspecified atom stereocenters. The van der Waals surface area contributed by atoms with E-state index in [-0.39, 0.29) is 27.3 Å². The Bertz CT molecular complexity index is 64.7. The summed E-state index contributed by atoms with van der Waals surface area (Å²) in [4.78, 5) is 8.95. The maximum absolute atomic E-state index is 10.6. The van der Waals surface area contributed by atoms with Crippen molar-refractivity contribution in [1.82, 2.24) is 0 Å². The molecule has 0 spiro atoms. The number of carboxylic acids is 1. The van der Waals surface area contributed by atoms with Crippen molar-refractivity contribution in [1.29, 1.82) is 0 Å². The first-order valence-electron chi connectivity index (χ1n) is 1.15. The van der Waals surface area contributed by atoms with E-state index >= 15 is 0 Å². The van der Waals surface area contributed by atoms with Crippen molar-refractivity contribution in [2.75, 3.05) is 0 Å². The SMILES string of the molecule is O=C(O)C(F)F.[Cd]. The van der Waals surface area contributed by atoms with Gasteiger partial charge >= 0.3 is 12.4 Å². The predicted molar refractivity (Wildman–Crippen MR) is 13.6 cm³/mol. The molecule has 0 radical (unpaired) electrons.